The lowest BCUT2D eigenvalue weighted by atomic mass is 10.1. The van der Waals surface area contributed by atoms with Crippen molar-refractivity contribution < 1.29 is 23.8 Å². The van der Waals surface area contributed by atoms with E-state index in [1.807, 2.05) is 0 Å². The highest BCUT2D eigenvalue weighted by atomic mass is 16.6. The number of hydrogen-bond acceptors (Lipinski definition) is 5. The van der Waals surface area contributed by atoms with Gasteiger partial charge in [-0.05, 0) is 135 Å². The van der Waals surface area contributed by atoms with Crippen LogP contribution in [0.15, 0.2) is 122 Å². The van der Waals surface area contributed by atoms with Gasteiger partial charge in [0.1, 0.15) is 6.61 Å². The Kier molecular flexibility index (Phi) is 58.4. The summed E-state index contributed by atoms with van der Waals surface area (Å²) >= 11 is 0. The number of unbranched alkanes of at least 4 members (excludes halogenated alkanes) is 23. The highest BCUT2D eigenvalue weighted by Crippen LogP contribution is 2.13. The van der Waals surface area contributed by atoms with Crippen molar-refractivity contribution >= 4 is 11.9 Å². The molecule has 0 amide bonds. The van der Waals surface area contributed by atoms with E-state index in [9.17, 15) is 9.59 Å². The summed E-state index contributed by atoms with van der Waals surface area (Å²) < 4.78 is 17.5. The molecule has 0 aliphatic heterocycles. The van der Waals surface area contributed by atoms with Crippen molar-refractivity contribution in [1.29, 1.82) is 0 Å². The molecule has 0 aliphatic rings. The van der Waals surface area contributed by atoms with Gasteiger partial charge in [-0.2, -0.15) is 0 Å². The van der Waals surface area contributed by atoms with Gasteiger partial charge in [0.15, 0.2) is 6.10 Å². The molecule has 0 aromatic rings. The molecule has 1 atom stereocenters. The molecule has 5 nitrogen and oxygen atoms in total. The Balaban J connectivity index is 4.39. The molecule has 0 bridgehead atoms. The van der Waals surface area contributed by atoms with Crippen LogP contribution < -0.4 is 0 Å². The summed E-state index contributed by atoms with van der Waals surface area (Å²) in [6.07, 6.45) is 86.5. The second kappa shape index (κ2) is 61.6. The van der Waals surface area contributed by atoms with E-state index in [0.29, 0.717) is 19.4 Å². The molecular weight excluding hydrogens is 885 g/mol. The predicted molar refractivity (Wildman–Crippen MR) is 316 cm³/mol. The quantitative estimate of drug-likeness (QED) is 0.0345. The molecule has 0 aromatic carbocycles. The normalized spacial score (nSPS) is 13.1. The van der Waals surface area contributed by atoms with E-state index in [-0.39, 0.29) is 25.2 Å². The van der Waals surface area contributed by atoms with E-state index >= 15 is 0 Å². The van der Waals surface area contributed by atoms with Gasteiger partial charge < -0.3 is 14.2 Å². The van der Waals surface area contributed by atoms with Crippen molar-refractivity contribution in [3.8, 4) is 0 Å². The molecular formula is C67H112O5. The average Bonchev–Trinajstić information content (AvgIpc) is 3.38. The maximum atomic E-state index is 12.9. The maximum Gasteiger partial charge on any atom is 0.306 e. The first-order chi connectivity index (χ1) is 35.6. The van der Waals surface area contributed by atoms with Crippen LogP contribution in [-0.4, -0.2) is 37.9 Å². The number of carbonyl (C=O) groups is 2. The number of rotatable bonds is 54. The zero-order valence-corrected chi connectivity index (χ0v) is 47.2. The van der Waals surface area contributed by atoms with Crippen molar-refractivity contribution in [3.63, 3.8) is 0 Å². The topological polar surface area (TPSA) is 61.8 Å². The van der Waals surface area contributed by atoms with Crippen LogP contribution in [0.25, 0.3) is 0 Å². The number of carbonyl (C=O) groups excluding carboxylic acids is 2. The summed E-state index contributed by atoms with van der Waals surface area (Å²) in [4.78, 5) is 25.6. The monoisotopic (exact) mass is 997 g/mol. The van der Waals surface area contributed by atoms with Gasteiger partial charge in [-0.1, -0.05) is 239 Å². The molecule has 0 fully saturated rings. The minimum absolute atomic E-state index is 0.0572. The first-order valence-corrected chi connectivity index (χ1v) is 30.1. The van der Waals surface area contributed by atoms with Gasteiger partial charge in [0.25, 0.3) is 0 Å². The molecule has 0 radical (unpaired) electrons. The van der Waals surface area contributed by atoms with Crippen LogP contribution in [0.4, 0.5) is 0 Å². The van der Waals surface area contributed by atoms with Crippen LogP contribution in [0.5, 0.6) is 0 Å². The van der Waals surface area contributed by atoms with Crippen molar-refractivity contribution in [2.45, 2.75) is 271 Å². The lowest BCUT2D eigenvalue weighted by molar-refractivity contribution is -0.163. The summed E-state index contributed by atoms with van der Waals surface area (Å²) in [6, 6.07) is 0. The van der Waals surface area contributed by atoms with Crippen molar-refractivity contribution in [2.24, 2.45) is 0 Å². The van der Waals surface area contributed by atoms with E-state index in [1.54, 1.807) is 0 Å². The largest absolute Gasteiger partial charge is 0.462 e. The predicted octanol–water partition coefficient (Wildman–Crippen LogP) is 20.9. The fourth-order valence-electron chi connectivity index (χ4n) is 7.99. The highest BCUT2D eigenvalue weighted by molar-refractivity contribution is 5.70. The second-order valence-electron chi connectivity index (χ2n) is 19.5. The molecule has 0 rings (SSSR count). The molecule has 0 spiro atoms. The SMILES string of the molecule is CC/C=C\C/C=C\C/C=C\C/C=C\CCCCCCC(=O)OC(COCCCCCCCCC/C=C\C/C=C\C/C=C\CCCCC)COC(=O)CCCCCCCC/C=C\C/C=C\C/C=C\CCCCC. The smallest absolute Gasteiger partial charge is 0.306 e. The Bertz CT molecular complexity index is 1450. The van der Waals surface area contributed by atoms with Gasteiger partial charge >= 0.3 is 11.9 Å². The van der Waals surface area contributed by atoms with Crippen LogP contribution in [-0.2, 0) is 23.8 Å². The summed E-state index contributed by atoms with van der Waals surface area (Å²) in [5.74, 6) is -0.446. The lowest BCUT2D eigenvalue weighted by Gasteiger charge is -2.18. The van der Waals surface area contributed by atoms with Crippen LogP contribution in [0.2, 0.25) is 0 Å². The van der Waals surface area contributed by atoms with Gasteiger partial charge in [-0.15, -0.1) is 0 Å². The average molecular weight is 998 g/mol. The van der Waals surface area contributed by atoms with Gasteiger partial charge in [0.05, 0.1) is 6.61 Å². The standard InChI is InChI=1S/C67H112O5/c1-4-7-10-13-16-19-22-25-28-31-33-35-38-41-44-47-50-53-56-59-62-70-63-65(72-67(69)61-58-55-52-49-46-43-40-36-30-27-24-21-18-15-12-9-6-3)64-71-66(68)60-57-54-51-48-45-42-39-37-34-32-29-26-23-20-17-14-11-8-5-2/h9,12,16-21,25-30,33-35,37,40,43,65H,4-8,10-11,13-15,22-24,31-32,36,38-39,41-42,44-64H2,1-3H3/b12-9-,19-16-,20-17-,21-18-,28-25-,29-26-,30-27-,35-33-,37-34-,43-40-. The Hall–Kier alpha value is -3.70. The first-order valence-electron chi connectivity index (χ1n) is 30.1. The van der Waals surface area contributed by atoms with E-state index in [0.717, 1.165) is 122 Å². The fraction of sp³-hybridized carbons (Fsp3) is 0.672. The summed E-state index contributed by atoms with van der Waals surface area (Å²) in [5, 5.41) is 0. The van der Waals surface area contributed by atoms with Crippen LogP contribution in [0.1, 0.15) is 265 Å². The Labute approximate surface area is 446 Å². The van der Waals surface area contributed by atoms with Crippen molar-refractivity contribution in [1.82, 2.24) is 0 Å². The Morgan fingerprint density at radius 3 is 1.00 bits per heavy atom. The zero-order chi connectivity index (χ0) is 52.0. The molecule has 0 saturated heterocycles. The molecule has 1 unspecified atom stereocenters. The van der Waals surface area contributed by atoms with Crippen LogP contribution in [0.3, 0.4) is 0 Å². The number of ether oxygens (including phenoxy) is 3. The molecule has 0 aromatic heterocycles. The van der Waals surface area contributed by atoms with Crippen LogP contribution >= 0.6 is 0 Å². The third kappa shape index (κ3) is 58.9. The number of hydrogen-bond donors (Lipinski definition) is 0. The summed E-state index contributed by atoms with van der Waals surface area (Å²) in [5.41, 5.74) is 0. The molecule has 0 aliphatic carbocycles. The van der Waals surface area contributed by atoms with Gasteiger partial charge in [0.2, 0.25) is 0 Å². The van der Waals surface area contributed by atoms with E-state index in [4.69, 9.17) is 14.2 Å². The molecule has 72 heavy (non-hydrogen) atoms. The van der Waals surface area contributed by atoms with Crippen molar-refractivity contribution in [3.05, 3.63) is 122 Å². The highest BCUT2D eigenvalue weighted by Gasteiger charge is 2.17. The molecule has 0 saturated carbocycles. The first kappa shape index (κ1) is 68.3. The molecule has 410 valence electrons. The van der Waals surface area contributed by atoms with Gasteiger partial charge in [-0.3, -0.25) is 9.59 Å². The fourth-order valence-corrected chi connectivity index (χ4v) is 7.99. The number of esters is 2. The third-order valence-electron chi connectivity index (χ3n) is 12.5. The third-order valence-corrected chi connectivity index (χ3v) is 12.5. The van der Waals surface area contributed by atoms with Gasteiger partial charge in [-0.25, -0.2) is 0 Å². The van der Waals surface area contributed by atoms with Crippen molar-refractivity contribution in [2.75, 3.05) is 19.8 Å². The molecule has 0 N–H and O–H groups in total. The Morgan fingerprint density at radius 2 is 0.625 bits per heavy atom. The van der Waals surface area contributed by atoms with E-state index < -0.39 is 6.10 Å². The van der Waals surface area contributed by atoms with Crippen LogP contribution in [0, 0.1) is 0 Å². The Morgan fingerprint density at radius 1 is 0.319 bits per heavy atom. The number of allylic oxidation sites excluding steroid dienone is 20. The van der Waals surface area contributed by atoms with E-state index in [1.165, 1.54) is 109 Å². The summed E-state index contributed by atoms with van der Waals surface area (Å²) in [6.45, 7) is 7.60. The molecule has 0 heterocycles. The minimum Gasteiger partial charge on any atom is -0.462 e. The zero-order valence-electron chi connectivity index (χ0n) is 47.2. The summed E-state index contributed by atoms with van der Waals surface area (Å²) in [7, 11) is 0. The van der Waals surface area contributed by atoms with Gasteiger partial charge in [0, 0.05) is 19.4 Å². The van der Waals surface area contributed by atoms with E-state index in [2.05, 4.69) is 142 Å². The second-order valence-corrected chi connectivity index (χ2v) is 19.5. The molecule has 5 heteroatoms. The minimum atomic E-state index is -0.570. The lowest BCUT2D eigenvalue weighted by Crippen LogP contribution is -2.30. The maximum absolute atomic E-state index is 12.9.